The summed E-state index contributed by atoms with van der Waals surface area (Å²) in [6.07, 6.45) is 5.63. The second-order valence-corrected chi connectivity index (χ2v) is 7.44. The van der Waals surface area contributed by atoms with Gasteiger partial charge in [0.25, 0.3) is 5.91 Å². The third-order valence-corrected chi connectivity index (χ3v) is 5.80. The number of halogens is 2. The number of hydrogen-bond donors (Lipinski definition) is 2. The van der Waals surface area contributed by atoms with Crippen LogP contribution in [0, 0.1) is 11.8 Å². The lowest BCUT2D eigenvalue weighted by atomic mass is 9.67. The molecule has 2 atom stereocenters. The fourth-order valence-corrected chi connectivity index (χ4v) is 4.61. The number of nitrogens with one attached hydrogen (secondary N) is 1. The molecule has 7 heteroatoms. The molecule has 0 radical (unpaired) electrons. The minimum Gasteiger partial charge on any atom is -0.497 e. The van der Waals surface area contributed by atoms with Gasteiger partial charge in [-0.3, -0.25) is 4.79 Å². The van der Waals surface area contributed by atoms with Crippen LogP contribution in [0.25, 0.3) is 10.9 Å². The largest absolute Gasteiger partial charge is 0.497 e. The molecule has 1 amide bonds. The Kier molecular flexibility index (Phi) is 7.32. The third kappa shape index (κ3) is 4.48. The molecule has 1 heterocycles. The molecule has 1 aromatic carbocycles. The van der Waals surface area contributed by atoms with Gasteiger partial charge in [-0.25, -0.2) is 4.98 Å². The van der Waals surface area contributed by atoms with Gasteiger partial charge >= 0.3 is 0 Å². The Morgan fingerprint density at radius 2 is 1.85 bits per heavy atom. The zero-order valence-electron chi connectivity index (χ0n) is 15.4. The van der Waals surface area contributed by atoms with Crippen LogP contribution >= 0.6 is 24.8 Å². The number of methoxy groups -OCH3 is 1. The van der Waals surface area contributed by atoms with Gasteiger partial charge in [-0.15, -0.1) is 24.8 Å². The molecule has 2 aliphatic rings. The fraction of sp³-hybridized carbons (Fsp3) is 0.500. The highest BCUT2D eigenvalue weighted by Crippen LogP contribution is 2.39. The van der Waals surface area contributed by atoms with Crippen molar-refractivity contribution in [1.29, 1.82) is 0 Å². The number of hydrogen-bond acceptors (Lipinski definition) is 4. The Morgan fingerprint density at radius 1 is 1.15 bits per heavy atom. The van der Waals surface area contributed by atoms with Crippen molar-refractivity contribution in [3.63, 3.8) is 0 Å². The number of carbonyl (C=O) groups excluding carboxylic acids is 1. The second kappa shape index (κ2) is 9.09. The highest BCUT2D eigenvalue weighted by molar-refractivity contribution is 5.95. The Bertz CT molecular complexity index is 788. The van der Waals surface area contributed by atoms with E-state index in [2.05, 4.69) is 10.3 Å². The van der Waals surface area contributed by atoms with Crippen molar-refractivity contribution in [3.8, 4) is 5.75 Å². The molecule has 2 bridgehead atoms. The van der Waals surface area contributed by atoms with E-state index in [1.54, 1.807) is 13.2 Å². The van der Waals surface area contributed by atoms with Crippen molar-refractivity contribution in [1.82, 2.24) is 10.3 Å². The zero-order chi connectivity index (χ0) is 17.4. The van der Waals surface area contributed by atoms with Gasteiger partial charge in [0.05, 0.1) is 12.6 Å². The first-order valence-corrected chi connectivity index (χ1v) is 9.15. The lowest BCUT2D eigenvalue weighted by Gasteiger charge is -2.45. The molecule has 5 nitrogen and oxygen atoms in total. The van der Waals surface area contributed by atoms with Crippen LogP contribution < -0.4 is 15.8 Å². The van der Waals surface area contributed by atoms with Crippen molar-refractivity contribution in [2.45, 2.75) is 44.2 Å². The van der Waals surface area contributed by atoms with Crippen LogP contribution in [0.3, 0.4) is 0 Å². The summed E-state index contributed by atoms with van der Waals surface area (Å²) in [5, 5.41) is 4.23. The average Bonchev–Trinajstić information content (AvgIpc) is 2.61. The first kappa shape index (κ1) is 21.7. The van der Waals surface area contributed by atoms with E-state index in [0.29, 0.717) is 17.5 Å². The molecule has 0 aliphatic heterocycles. The maximum atomic E-state index is 12.8. The van der Waals surface area contributed by atoms with E-state index in [9.17, 15) is 4.79 Å². The molecule has 2 saturated carbocycles. The molecule has 2 unspecified atom stereocenters. The van der Waals surface area contributed by atoms with Crippen molar-refractivity contribution in [2.75, 3.05) is 7.11 Å². The number of fused-ring (bicyclic) bond motifs is 3. The Balaban J connectivity index is 0.00000131. The summed E-state index contributed by atoms with van der Waals surface area (Å²) < 4.78 is 5.23. The predicted molar refractivity (Wildman–Crippen MR) is 112 cm³/mol. The maximum Gasteiger partial charge on any atom is 0.270 e. The maximum absolute atomic E-state index is 12.8. The van der Waals surface area contributed by atoms with Crippen LogP contribution in [0.4, 0.5) is 0 Å². The third-order valence-electron chi connectivity index (χ3n) is 5.80. The minimum atomic E-state index is -0.0740. The molecular weight excluding hydrogens is 385 g/mol. The number of pyridine rings is 1. The standard InChI is InChI=1S/C20H25N3O2.2ClH/c1-25-16-6-8-17-12(11-16)5-7-18(22-17)20(24)23-19-13-3-2-4-14(19)10-15(21)9-13;;/h5-8,11,13-15,19H,2-4,9-10,21H2,1H3,(H,23,24);2*1H. The van der Waals surface area contributed by atoms with E-state index in [1.807, 2.05) is 24.3 Å². The summed E-state index contributed by atoms with van der Waals surface area (Å²) in [5.74, 6) is 1.74. The number of aromatic nitrogens is 1. The number of benzene rings is 1. The summed E-state index contributed by atoms with van der Waals surface area (Å²) in [6.45, 7) is 0. The predicted octanol–water partition coefficient (Wildman–Crippen LogP) is 3.72. The van der Waals surface area contributed by atoms with Crippen LogP contribution in [-0.2, 0) is 0 Å². The SMILES string of the molecule is COc1ccc2nc(C(=O)NC3C4CCCC3CC(N)C4)ccc2c1.Cl.Cl. The van der Waals surface area contributed by atoms with Gasteiger partial charge < -0.3 is 15.8 Å². The molecule has 4 rings (SSSR count). The van der Waals surface area contributed by atoms with Gasteiger partial charge in [0, 0.05) is 17.5 Å². The van der Waals surface area contributed by atoms with Gasteiger partial charge in [-0.2, -0.15) is 0 Å². The molecule has 2 fully saturated rings. The van der Waals surface area contributed by atoms with Crippen LogP contribution in [-0.4, -0.2) is 30.1 Å². The summed E-state index contributed by atoms with van der Waals surface area (Å²) in [6, 6.07) is 9.94. The molecule has 2 aliphatic carbocycles. The Labute approximate surface area is 172 Å². The quantitative estimate of drug-likeness (QED) is 0.806. The summed E-state index contributed by atoms with van der Waals surface area (Å²) in [4.78, 5) is 17.3. The molecular formula is C20H27Cl2N3O2. The van der Waals surface area contributed by atoms with Gasteiger partial charge in [0.2, 0.25) is 0 Å². The summed E-state index contributed by atoms with van der Waals surface area (Å²) >= 11 is 0. The van der Waals surface area contributed by atoms with E-state index in [1.165, 1.54) is 19.3 Å². The number of amides is 1. The van der Waals surface area contributed by atoms with Crippen molar-refractivity contribution < 1.29 is 9.53 Å². The zero-order valence-corrected chi connectivity index (χ0v) is 17.0. The van der Waals surface area contributed by atoms with E-state index >= 15 is 0 Å². The topological polar surface area (TPSA) is 77.2 Å². The van der Waals surface area contributed by atoms with E-state index < -0.39 is 0 Å². The van der Waals surface area contributed by atoms with Gasteiger partial charge in [-0.1, -0.05) is 12.5 Å². The summed E-state index contributed by atoms with van der Waals surface area (Å²) in [5.41, 5.74) is 7.46. The highest BCUT2D eigenvalue weighted by Gasteiger charge is 2.40. The fourth-order valence-electron chi connectivity index (χ4n) is 4.61. The monoisotopic (exact) mass is 411 g/mol. The van der Waals surface area contributed by atoms with Crippen molar-refractivity contribution in [3.05, 3.63) is 36.0 Å². The molecule has 3 N–H and O–H groups in total. The number of carbonyl (C=O) groups is 1. The lowest BCUT2D eigenvalue weighted by molar-refractivity contribution is 0.0752. The van der Waals surface area contributed by atoms with Gasteiger partial charge in [0.15, 0.2) is 0 Å². The smallest absolute Gasteiger partial charge is 0.270 e. The van der Waals surface area contributed by atoms with E-state index in [-0.39, 0.29) is 42.8 Å². The second-order valence-electron chi connectivity index (χ2n) is 7.44. The van der Waals surface area contributed by atoms with Crippen molar-refractivity contribution in [2.24, 2.45) is 17.6 Å². The molecule has 148 valence electrons. The highest BCUT2D eigenvalue weighted by atomic mass is 35.5. The van der Waals surface area contributed by atoms with Crippen LogP contribution in [0.1, 0.15) is 42.6 Å². The number of ether oxygens (including phenoxy) is 1. The molecule has 0 spiro atoms. The van der Waals surface area contributed by atoms with Crippen molar-refractivity contribution >= 4 is 41.6 Å². The van der Waals surface area contributed by atoms with Crippen LogP contribution in [0.5, 0.6) is 5.75 Å². The normalized spacial score (nSPS) is 26.4. The number of rotatable bonds is 3. The van der Waals surface area contributed by atoms with Gasteiger partial charge in [0.1, 0.15) is 11.4 Å². The Morgan fingerprint density at radius 3 is 2.52 bits per heavy atom. The number of nitrogens with zero attached hydrogens (tertiary/aromatic N) is 1. The molecule has 1 aromatic heterocycles. The van der Waals surface area contributed by atoms with E-state index in [0.717, 1.165) is 29.5 Å². The van der Waals surface area contributed by atoms with Crippen LogP contribution in [0.2, 0.25) is 0 Å². The molecule has 27 heavy (non-hydrogen) atoms. The first-order chi connectivity index (χ1) is 12.1. The molecule has 0 saturated heterocycles. The van der Waals surface area contributed by atoms with Crippen LogP contribution in [0.15, 0.2) is 30.3 Å². The minimum absolute atomic E-state index is 0. The first-order valence-electron chi connectivity index (χ1n) is 9.15. The van der Waals surface area contributed by atoms with Gasteiger partial charge in [-0.05, 0) is 61.8 Å². The Hall–Kier alpha value is -1.56. The lowest BCUT2D eigenvalue weighted by Crippen LogP contribution is -2.53. The number of nitrogens with two attached hydrogens (primary N) is 1. The van der Waals surface area contributed by atoms with E-state index in [4.69, 9.17) is 10.5 Å². The summed E-state index contributed by atoms with van der Waals surface area (Å²) in [7, 11) is 1.64. The molecule has 2 aromatic rings. The average molecular weight is 412 g/mol.